The highest BCUT2D eigenvalue weighted by Gasteiger charge is 2.05. The summed E-state index contributed by atoms with van der Waals surface area (Å²) in [7, 11) is -2.81. The molecule has 0 aromatic carbocycles. The van der Waals surface area contributed by atoms with E-state index in [1.54, 1.807) is 18.3 Å². The van der Waals surface area contributed by atoms with Gasteiger partial charge in [-0.1, -0.05) is 18.5 Å². The quantitative estimate of drug-likeness (QED) is 0.749. The topological polar surface area (TPSA) is 46.2 Å². The molecular formula is C11H18ClNO2S2. The number of sulfone groups is 1. The highest BCUT2D eigenvalue weighted by atomic mass is 35.5. The van der Waals surface area contributed by atoms with E-state index in [-0.39, 0.29) is 11.5 Å². The highest BCUT2D eigenvalue weighted by molar-refractivity contribution is 7.91. The average molecular weight is 296 g/mol. The van der Waals surface area contributed by atoms with Crippen LogP contribution in [0.4, 0.5) is 0 Å². The van der Waals surface area contributed by atoms with Gasteiger partial charge in [0, 0.05) is 10.6 Å². The molecule has 1 heterocycles. The van der Waals surface area contributed by atoms with E-state index >= 15 is 0 Å². The summed E-state index contributed by atoms with van der Waals surface area (Å²) in [5, 5.41) is 3.24. The molecular weight excluding hydrogens is 278 g/mol. The van der Waals surface area contributed by atoms with Crippen molar-refractivity contribution in [1.82, 2.24) is 5.32 Å². The Bertz CT molecular complexity index is 428. The average Bonchev–Trinajstić information content (AvgIpc) is 2.69. The molecule has 0 atom stereocenters. The maximum Gasteiger partial charge on any atom is 0.150 e. The third kappa shape index (κ3) is 6.41. The predicted molar refractivity (Wildman–Crippen MR) is 74.8 cm³/mol. The second-order valence-corrected chi connectivity index (χ2v) is 8.07. The van der Waals surface area contributed by atoms with Crippen LogP contribution < -0.4 is 5.32 Å². The molecule has 0 fully saturated rings. The summed E-state index contributed by atoms with van der Waals surface area (Å²) >= 11 is 7.41. The molecule has 0 saturated heterocycles. The fourth-order valence-corrected chi connectivity index (χ4v) is 3.34. The van der Waals surface area contributed by atoms with Crippen LogP contribution in [-0.4, -0.2) is 33.0 Å². The van der Waals surface area contributed by atoms with Gasteiger partial charge in [-0.05, 0) is 38.1 Å². The monoisotopic (exact) mass is 295 g/mol. The van der Waals surface area contributed by atoms with Crippen LogP contribution in [0.15, 0.2) is 12.1 Å². The molecule has 0 saturated carbocycles. The lowest BCUT2D eigenvalue weighted by atomic mass is 10.3. The Hall–Kier alpha value is -0.100. The van der Waals surface area contributed by atoms with Gasteiger partial charge in [-0.2, -0.15) is 0 Å². The fourth-order valence-electron chi connectivity index (χ4n) is 1.38. The molecule has 0 unspecified atom stereocenters. The summed E-state index contributed by atoms with van der Waals surface area (Å²) in [5.41, 5.74) is 0. The number of rotatable bonds is 8. The van der Waals surface area contributed by atoms with Gasteiger partial charge in [-0.3, -0.25) is 0 Å². The summed E-state index contributed by atoms with van der Waals surface area (Å²) in [6, 6.07) is 3.92. The summed E-state index contributed by atoms with van der Waals surface area (Å²) in [6.07, 6.45) is 1.62. The van der Waals surface area contributed by atoms with Crippen LogP contribution in [0.3, 0.4) is 0 Å². The highest BCUT2D eigenvalue weighted by Crippen LogP contribution is 2.21. The molecule has 0 amide bonds. The first-order valence-electron chi connectivity index (χ1n) is 5.69. The van der Waals surface area contributed by atoms with Crippen LogP contribution in [0, 0.1) is 0 Å². The summed E-state index contributed by atoms with van der Waals surface area (Å²) < 4.78 is 23.2. The molecule has 0 aliphatic carbocycles. The van der Waals surface area contributed by atoms with Gasteiger partial charge in [0.1, 0.15) is 9.84 Å². The zero-order valence-electron chi connectivity index (χ0n) is 9.91. The molecule has 0 radical (unpaired) electrons. The molecule has 0 spiro atoms. The standard InChI is InChI=1S/C11H18ClNO2S2/c1-2-17(14,15)9-3-7-13-8-6-10-4-5-11(12)16-10/h4-5,13H,2-3,6-9H2,1H3. The van der Waals surface area contributed by atoms with Crippen LogP contribution in [0.25, 0.3) is 0 Å². The zero-order chi connectivity index (χ0) is 12.7. The molecule has 98 valence electrons. The van der Waals surface area contributed by atoms with Crippen molar-refractivity contribution >= 4 is 32.8 Å². The third-order valence-electron chi connectivity index (χ3n) is 2.43. The minimum absolute atomic E-state index is 0.237. The maximum absolute atomic E-state index is 11.2. The zero-order valence-corrected chi connectivity index (χ0v) is 12.3. The van der Waals surface area contributed by atoms with Crippen LogP contribution >= 0.6 is 22.9 Å². The fraction of sp³-hybridized carbons (Fsp3) is 0.636. The Labute approximate surface area is 112 Å². The lowest BCUT2D eigenvalue weighted by molar-refractivity contribution is 0.590. The Balaban J connectivity index is 2.05. The van der Waals surface area contributed by atoms with Gasteiger partial charge in [0.05, 0.1) is 10.1 Å². The van der Waals surface area contributed by atoms with E-state index < -0.39 is 9.84 Å². The van der Waals surface area contributed by atoms with Crippen LogP contribution in [-0.2, 0) is 16.3 Å². The van der Waals surface area contributed by atoms with E-state index in [9.17, 15) is 8.42 Å². The van der Waals surface area contributed by atoms with Crippen molar-refractivity contribution < 1.29 is 8.42 Å². The van der Waals surface area contributed by atoms with Gasteiger partial charge in [0.15, 0.2) is 0 Å². The lowest BCUT2D eigenvalue weighted by Crippen LogP contribution is -2.21. The minimum atomic E-state index is -2.81. The molecule has 0 bridgehead atoms. The molecule has 3 nitrogen and oxygen atoms in total. The van der Waals surface area contributed by atoms with Crippen molar-refractivity contribution in [3.8, 4) is 0 Å². The first kappa shape index (κ1) is 15.0. The third-order valence-corrected chi connectivity index (χ3v) is 5.51. The van der Waals surface area contributed by atoms with Gasteiger partial charge in [0.25, 0.3) is 0 Å². The Morgan fingerprint density at radius 1 is 1.35 bits per heavy atom. The van der Waals surface area contributed by atoms with Gasteiger partial charge in [-0.15, -0.1) is 11.3 Å². The second kappa shape index (κ2) is 7.36. The van der Waals surface area contributed by atoms with Crippen molar-refractivity contribution in [2.75, 3.05) is 24.6 Å². The number of halogens is 1. The number of nitrogens with one attached hydrogen (secondary N) is 1. The Kier molecular flexibility index (Phi) is 6.48. The Morgan fingerprint density at radius 2 is 2.12 bits per heavy atom. The summed E-state index contributed by atoms with van der Waals surface area (Å²) in [4.78, 5) is 1.25. The van der Waals surface area contributed by atoms with Crippen molar-refractivity contribution in [2.24, 2.45) is 0 Å². The molecule has 0 aliphatic heterocycles. The minimum Gasteiger partial charge on any atom is -0.316 e. The molecule has 1 rings (SSSR count). The first-order valence-corrected chi connectivity index (χ1v) is 8.70. The largest absolute Gasteiger partial charge is 0.316 e. The van der Waals surface area contributed by atoms with Gasteiger partial charge >= 0.3 is 0 Å². The number of hydrogen-bond donors (Lipinski definition) is 1. The van der Waals surface area contributed by atoms with Gasteiger partial charge in [-0.25, -0.2) is 8.42 Å². The summed E-state index contributed by atoms with van der Waals surface area (Å²) in [5.74, 6) is 0.516. The van der Waals surface area contributed by atoms with Crippen molar-refractivity contribution in [3.05, 3.63) is 21.3 Å². The molecule has 0 aliphatic rings. The van der Waals surface area contributed by atoms with E-state index in [4.69, 9.17) is 11.6 Å². The van der Waals surface area contributed by atoms with E-state index in [0.717, 1.165) is 23.8 Å². The van der Waals surface area contributed by atoms with Crippen LogP contribution in [0.1, 0.15) is 18.2 Å². The van der Waals surface area contributed by atoms with E-state index in [1.165, 1.54) is 4.88 Å². The molecule has 1 N–H and O–H groups in total. The van der Waals surface area contributed by atoms with Crippen LogP contribution in [0.2, 0.25) is 4.34 Å². The van der Waals surface area contributed by atoms with Gasteiger partial charge < -0.3 is 5.32 Å². The van der Waals surface area contributed by atoms with E-state index in [1.807, 2.05) is 12.1 Å². The molecule has 17 heavy (non-hydrogen) atoms. The smallest absolute Gasteiger partial charge is 0.150 e. The van der Waals surface area contributed by atoms with Crippen molar-refractivity contribution in [1.29, 1.82) is 0 Å². The van der Waals surface area contributed by atoms with Crippen LogP contribution in [0.5, 0.6) is 0 Å². The van der Waals surface area contributed by atoms with E-state index in [0.29, 0.717) is 6.42 Å². The maximum atomic E-state index is 11.2. The molecule has 6 heteroatoms. The molecule has 1 aromatic heterocycles. The van der Waals surface area contributed by atoms with E-state index in [2.05, 4.69) is 5.32 Å². The lowest BCUT2D eigenvalue weighted by Gasteiger charge is -2.03. The van der Waals surface area contributed by atoms with Crippen molar-refractivity contribution in [3.63, 3.8) is 0 Å². The second-order valence-electron chi connectivity index (χ2n) is 3.80. The normalized spacial score (nSPS) is 11.9. The summed E-state index contributed by atoms with van der Waals surface area (Å²) in [6.45, 7) is 3.30. The number of thiophene rings is 1. The number of hydrogen-bond acceptors (Lipinski definition) is 4. The Morgan fingerprint density at radius 3 is 2.71 bits per heavy atom. The van der Waals surface area contributed by atoms with Crippen molar-refractivity contribution in [2.45, 2.75) is 19.8 Å². The molecule has 1 aromatic rings. The first-order chi connectivity index (χ1) is 8.03. The van der Waals surface area contributed by atoms with Gasteiger partial charge in [0.2, 0.25) is 0 Å². The SMILES string of the molecule is CCS(=O)(=O)CCCNCCc1ccc(Cl)s1. The predicted octanol–water partition coefficient (Wildman–Crippen LogP) is 2.36.